The molecule has 0 aliphatic carbocycles. The molecule has 16 heavy (non-hydrogen) atoms. The first-order valence-corrected chi connectivity index (χ1v) is 7.65. The van der Waals surface area contributed by atoms with Gasteiger partial charge in [0.1, 0.15) is 0 Å². The predicted octanol–water partition coefficient (Wildman–Crippen LogP) is 3.32. The van der Waals surface area contributed by atoms with Crippen molar-refractivity contribution in [3.05, 3.63) is 0 Å². The van der Waals surface area contributed by atoms with Crippen molar-refractivity contribution in [1.82, 2.24) is 9.34 Å². The third-order valence-corrected chi connectivity index (χ3v) is 5.75. The minimum Gasteiger partial charge on any atom is -0.330 e. The summed E-state index contributed by atoms with van der Waals surface area (Å²) in [6.45, 7) is 16.7. The van der Waals surface area contributed by atoms with E-state index in [9.17, 15) is 0 Å². The van der Waals surface area contributed by atoms with E-state index in [1.165, 1.54) is 0 Å². The monoisotopic (exact) mass is 246 g/mol. The standard InChI is InChI=1S/C12H27N2OP/c1-7-13(8-2)16-14(11(5)6)12(9-15-16)10(3)4/h10-12H,7-9H2,1-6H3/t12-,16?/m0/s1. The van der Waals surface area contributed by atoms with Gasteiger partial charge < -0.3 is 4.52 Å². The third-order valence-electron chi connectivity index (χ3n) is 3.17. The van der Waals surface area contributed by atoms with Crippen molar-refractivity contribution in [2.75, 3.05) is 19.7 Å². The molecule has 96 valence electrons. The lowest BCUT2D eigenvalue weighted by Crippen LogP contribution is -2.39. The number of nitrogens with zero attached hydrogens (tertiary/aromatic N) is 2. The third kappa shape index (κ3) is 2.95. The molecule has 0 aromatic rings. The Morgan fingerprint density at radius 3 is 2.19 bits per heavy atom. The minimum atomic E-state index is -0.517. The Morgan fingerprint density at radius 1 is 1.25 bits per heavy atom. The van der Waals surface area contributed by atoms with Crippen LogP contribution in [0.15, 0.2) is 0 Å². The molecule has 1 heterocycles. The molecule has 1 aliphatic heterocycles. The van der Waals surface area contributed by atoms with Crippen LogP contribution in [0, 0.1) is 5.92 Å². The Labute approximate surface area is 102 Å². The summed E-state index contributed by atoms with van der Waals surface area (Å²) in [6, 6.07) is 1.16. The fourth-order valence-electron chi connectivity index (χ4n) is 2.18. The Bertz CT molecular complexity index is 207. The first-order valence-electron chi connectivity index (χ1n) is 6.49. The van der Waals surface area contributed by atoms with E-state index in [0.717, 1.165) is 19.7 Å². The van der Waals surface area contributed by atoms with Crippen LogP contribution in [0.25, 0.3) is 0 Å². The van der Waals surface area contributed by atoms with Crippen LogP contribution >= 0.6 is 8.45 Å². The van der Waals surface area contributed by atoms with Crippen molar-refractivity contribution in [2.45, 2.75) is 53.6 Å². The molecule has 3 nitrogen and oxygen atoms in total. The van der Waals surface area contributed by atoms with Gasteiger partial charge in [0.05, 0.1) is 6.61 Å². The topological polar surface area (TPSA) is 15.7 Å². The van der Waals surface area contributed by atoms with Crippen LogP contribution in [0.5, 0.6) is 0 Å². The number of hydrogen-bond donors (Lipinski definition) is 0. The van der Waals surface area contributed by atoms with E-state index in [4.69, 9.17) is 4.52 Å². The molecule has 1 fully saturated rings. The summed E-state index contributed by atoms with van der Waals surface area (Å²) in [5.41, 5.74) is 0. The molecule has 0 aromatic heterocycles. The average Bonchev–Trinajstić information content (AvgIpc) is 2.64. The van der Waals surface area contributed by atoms with Crippen LogP contribution < -0.4 is 0 Å². The maximum atomic E-state index is 6.06. The van der Waals surface area contributed by atoms with E-state index in [1.54, 1.807) is 0 Å². The number of rotatable bonds is 5. The van der Waals surface area contributed by atoms with E-state index >= 15 is 0 Å². The second-order valence-corrected chi connectivity index (χ2v) is 6.76. The van der Waals surface area contributed by atoms with E-state index < -0.39 is 8.45 Å². The predicted molar refractivity (Wildman–Crippen MR) is 71.4 cm³/mol. The Morgan fingerprint density at radius 2 is 1.81 bits per heavy atom. The van der Waals surface area contributed by atoms with Crippen LogP contribution in [-0.4, -0.2) is 41.1 Å². The van der Waals surface area contributed by atoms with Gasteiger partial charge in [-0.3, -0.25) is 0 Å². The van der Waals surface area contributed by atoms with Gasteiger partial charge in [-0.05, 0) is 19.8 Å². The van der Waals surface area contributed by atoms with Crippen molar-refractivity contribution in [2.24, 2.45) is 5.92 Å². The van der Waals surface area contributed by atoms with Gasteiger partial charge in [-0.25, -0.2) is 9.34 Å². The van der Waals surface area contributed by atoms with Crippen molar-refractivity contribution in [1.29, 1.82) is 0 Å². The summed E-state index contributed by atoms with van der Waals surface area (Å²) < 4.78 is 11.1. The van der Waals surface area contributed by atoms with E-state index in [1.807, 2.05) is 0 Å². The molecule has 0 radical (unpaired) electrons. The maximum Gasteiger partial charge on any atom is 0.188 e. The fourth-order valence-corrected chi connectivity index (χ4v) is 4.53. The van der Waals surface area contributed by atoms with Crippen molar-refractivity contribution in [3.8, 4) is 0 Å². The van der Waals surface area contributed by atoms with Gasteiger partial charge in [-0.2, -0.15) is 0 Å². The SMILES string of the molecule is CCN(CC)P1OC[C@@H](C(C)C)N1C(C)C. The molecule has 1 saturated heterocycles. The van der Waals surface area contributed by atoms with E-state index in [-0.39, 0.29) is 0 Å². The highest BCUT2D eigenvalue weighted by molar-refractivity contribution is 7.47. The highest BCUT2D eigenvalue weighted by Crippen LogP contribution is 2.53. The second-order valence-electron chi connectivity index (χ2n) is 4.97. The second kappa shape index (κ2) is 6.30. The minimum absolute atomic E-state index is 0.517. The molecule has 0 bridgehead atoms. The van der Waals surface area contributed by atoms with Gasteiger partial charge in [0, 0.05) is 25.2 Å². The molecule has 0 amide bonds. The smallest absolute Gasteiger partial charge is 0.188 e. The van der Waals surface area contributed by atoms with Crippen molar-refractivity contribution < 1.29 is 4.52 Å². The summed E-state index contributed by atoms with van der Waals surface area (Å²) in [6.07, 6.45) is 0. The maximum absolute atomic E-state index is 6.06. The highest BCUT2D eigenvalue weighted by atomic mass is 31.2. The molecule has 0 N–H and O–H groups in total. The average molecular weight is 246 g/mol. The summed E-state index contributed by atoms with van der Waals surface area (Å²) in [5.74, 6) is 0.672. The number of hydrogen-bond acceptors (Lipinski definition) is 3. The fraction of sp³-hybridized carbons (Fsp3) is 1.00. The lowest BCUT2D eigenvalue weighted by molar-refractivity contribution is 0.228. The van der Waals surface area contributed by atoms with Crippen LogP contribution in [0.2, 0.25) is 0 Å². The zero-order valence-corrected chi connectivity index (χ0v) is 12.5. The van der Waals surface area contributed by atoms with Crippen molar-refractivity contribution in [3.63, 3.8) is 0 Å². The molecular formula is C12H27N2OP. The Balaban J connectivity index is 2.78. The van der Waals surface area contributed by atoms with Crippen LogP contribution in [0.4, 0.5) is 0 Å². The zero-order chi connectivity index (χ0) is 12.3. The van der Waals surface area contributed by atoms with Crippen LogP contribution in [0.1, 0.15) is 41.5 Å². The zero-order valence-electron chi connectivity index (χ0n) is 11.6. The van der Waals surface area contributed by atoms with Crippen LogP contribution in [0.3, 0.4) is 0 Å². The molecule has 0 saturated carbocycles. The molecule has 4 heteroatoms. The molecule has 0 spiro atoms. The first-order chi connectivity index (χ1) is 7.52. The summed E-state index contributed by atoms with van der Waals surface area (Å²) >= 11 is 0. The normalized spacial score (nSPS) is 27.6. The van der Waals surface area contributed by atoms with Gasteiger partial charge in [0.25, 0.3) is 0 Å². The van der Waals surface area contributed by atoms with E-state index in [0.29, 0.717) is 18.0 Å². The largest absolute Gasteiger partial charge is 0.330 e. The first kappa shape index (κ1) is 14.4. The summed E-state index contributed by atoms with van der Waals surface area (Å²) in [7, 11) is -0.517. The molecule has 2 atom stereocenters. The van der Waals surface area contributed by atoms with Gasteiger partial charge in [-0.15, -0.1) is 0 Å². The Hall–Kier alpha value is 0.310. The van der Waals surface area contributed by atoms with Gasteiger partial charge in [0.2, 0.25) is 0 Å². The molecule has 0 aromatic carbocycles. The summed E-state index contributed by atoms with van der Waals surface area (Å²) in [4.78, 5) is 0. The lowest BCUT2D eigenvalue weighted by Gasteiger charge is -2.37. The Kier molecular flexibility index (Phi) is 5.66. The summed E-state index contributed by atoms with van der Waals surface area (Å²) in [5, 5.41) is 0. The van der Waals surface area contributed by atoms with Crippen LogP contribution in [-0.2, 0) is 4.52 Å². The molecular weight excluding hydrogens is 219 g/mol. The quantitative estimate of drug-likeness (QED) is 0.692. The van der Waals surface area contributed by atoms with Gasteiger partial charge >= 0.3 is 0 Å². The lowest BCUT2D eigenvalue weighted by atomic mass is 10.0. The van der Waals surface area contributed by atoms with E-state index in [2.05, 4.69) is 50.9 Å². The molecule has 1 aliphatic rings. The highest BCUT2D eigenvalue weighted by Gasteiger charge is 2.40. The molecule has 1 rings (SSSR count). The van der Waals surface area contributed by atoms with Gasteiger partial charge in [-0.1, -0.05) is 27.7 Å². The molecule has 1 unspecified atom stereocenters. The van der Waals surface area contributed by atoms with Gasteiger partial charge in [0.15, 0.2) is 8.45 Å². The van der Waals surface area contributed by atoms with Crippen molar-refractivity contribution >= 4 is 8.45 Å².